The lowest BCUT2D eigenvalue weighted by Crippen LogP contribution is -2.44. The number of likely N-dealkylation sites (N-methyl/N-ethyl adjacent to an activating group) is 1. The van der Waals surface area contributed by atoms with Gasteiger partial charge in [0.25, 0.3) is 5.91 Å². The predicted octanol–water partition coefficient (Wildman–Crippen LogP) is 3.82. The number of nitrogens with zero attached hydrogens (tertiary/aromatic N) is 2. The van der Waals surface area contributed by atoms with Crippen LogP contribution in [0.3, 0.4) is 0 Å². The van der Waals surface area contributed by atoms with E-state index in [1.54, 1.807) is 68.8 Å². The summed E-state index contributed by atoms with van der Waals surface area (Å²) in [5.41, 5.74) is 2.04. The Kier molecular flexibility index (Phi) is 7.19. The Morgan fingerprint density at radius 3 is 2.44 bits per heavy atom. The molecule has 1 aliphatic heterocycles. The third-order valence-corrected chi connectivity index (χ3v) is 6.16. The van der Waals surface area contributed by atoms with Crippen LogP contribution < -0.4 is 14.8 Å². The lowest BCUT2D eigenvalue weighted by molar-refractivity contribution is -0.119. The molecule has 1 N–H and O–H groups in total. The molecule has 0 bridgehead atoms. The zero-order chi connectivity index (χ0) is 25.8. The van der Waals surface area contributed by atoms with Crippen molar-refractivity contribution in [1.29, 1.82) is 0 Å². The van der Waals surface area contributed by atoms with Gasteiger partial charge in [0, 0.05) is 25.0 Å². The maximum Gasteiger partial charge on any atom is 0.340 e. The molecule has 0 radical (unpaired) electrons. The highest BCUT2D eigenvalue weighted by molar-refractivity contribution is 6.07. The van der Waals surface area contributed by atoms with Crippen molar-refractivity contribution in [2.75, 3.05) is 33.2 Å². The first-order valence-corrected chi connectivity index (χ1v) is 11.4. The fourth-order valence-electron chi connectivity index (χ4n) is 4.49. The molecular formula is C27H27N3O6. The van der Waals surface area contributed by atoms with Crippen LogP contribution in [-0.4, -0.2) is 55.5 Å². The van der Waals surface area contributed by atoms with Gasteiger partial charge in [0.05, 0.1) is 44.0 Å². The highest BCUT2D eigenvalue weighted by Gasteiger charge is 2.44. The molecule has 0 saturated heterocycles. The molecule has 9 nitrogen and oxygen atoms in total. The van der Waals surface area contributed by atoms with E-state index in [9.17, 15) is 14.4 Å². The molecule has 3 aromatic rings. The summed E-state index contributed by atoms with van der Waals surface area (Å²) in [6.45, 7) is 1.92. The first kappa shape index (κ1) is 24.7. The normalized spacial score (nSPS) is 16.7. The molecule has 2 aromatic carbocycles. The average molecular weight is 490 g/mol. The summed E-state index contributed by atoms with van der Waals surface area (Å²) < 4.78 is 16.0. The SMILES string of the molecule is CCOC(=O)c1ccccc1NC(=O)[C@@H]1c2cc(OC)c(OC)cc2C(=O)N(C)[C@@H]1c1cccnc1. The maximum absolute atomic E-state index is 14.0. The third kappa shape index (κ3) is 4.47. The van der Waals surface area contributed by atoms with Gasteiger partial charge < -0.3 is 24.4 Å². The largest absolute Gasteiger partial charge is 0.493 e. The highest BCUT2D eigenvalue weighted by atomic mass is 16.5. The third-order valence-electron chi connectivity index (χ3n) is 6.16. The fraction of sp³-hybridized carbons (Fsp3) is 0.259. The number of aromatic nitrogens is 1. The number of methoxy groups -OCH3 is 2. The van der Waals surface area contributed by atoms with E-state index in [0.29, 0.717) is 33.9 Å². The molecule has 186 valence electrons. The second-order valence-corrected chi connectivity index (χ2v) is 8.17. The van der Waals surface area contributed by atoms with Gasteiger partial charge in [0.2, 0.25) is 5.91 Å². The van der Waals surface area contributed by atoms with E-state index in [1.807, 2.05) is 6.07 Å². The molecule has 0 unspecified atom stereocenters. The predicted molar refractivity (Wildman–Crippen MR) is 132 cm³/mol. The lowest BCUT2D eigenvalue weighted by Gasteiger charge is -2.40. The zero-order valence-electron chi connectivity index (χ0n) is 20.5. The second kappa shape index (κ2) is 10.5. The quantitative estimate of drug-likeness (QED) is 0.503. The van der Waals surface area contributed by atoms with Crippen LogP contribution in [0, 0.1) is 0 Å². The van der Waals surface area contributed by atoms with Crippen LogP contribution in [0.25, 0.3) is 0 Å². The molecule has 9 heteroatoms. The minimum atomic E-state index is -0.845. The monoisotopic (exact) mass is 489 g/mol. The molecule has 0 aliphatic carbocycles. The van der Waals surface area contributed by atoms with Crippen LogP contribution in [0.5, 0.6) is 11.5 Å². The molecule has 0 saturated carbocycles. The van der Waals surface area contributed by atoms with Crippen molar-refractivity contribution in [3.05, 3.63) is 83.2 Å². The van der Waals surface area contributed by atoms with E-state index < -0.39 is 23.8 Å². The van der Waals surface area contributed by atoms with Crippen molar-refractivity contribution >= 4 is 23.5 Å². The summed E-state index contributed by atoms with van der Waals surface area (Å²) in [5.74, 6) is -1.29. The summed E-state index contributed by atoms with van der Waals surface area (Å²) in [4.78, 5) is 45.6. The Labute approximate surface area is 209 Å². The minimum Gasteiger partial charge on any atom is -0.493 e. The van der Waals surface area contributed by atoms with Crippen molar-refractivity contribution in [2.24, 2.45) is 0 Å². The maximum atomic E-state index is 14.0. The van der Waals surface area contributed by atoms with E-state index in [2.05, 4.69) is 10.3 Å². The van der Waals surface area contributed by atoms with E-state index in [-0.39, 0.29) is 18.1 Å². The molecule has 0 fully saturated rings. The van der Waals surface area contributed by atoms with E-state index >= 15 is 0 Å². The molecule has 0 spiro atoms. The van der Waals surface area contributed by atoms with Crippen LogP contribution in [0.1, 0.15) is 50.7 Å². The first-order chi connectivity index (χ1) is 17.4. The number of rotatable bonds is 7. The van der Waals surface area contributed by atoms with Gasteiger partial charge in [-0.15, -0.1) is 0 Å². The van der Waals surface area contributed by atoms with Crippen LogP contribution in [-0.2, 0) is 9.53 Å². The summed E-state index contributed by atoms with van der Waals surface area (Å²) >= 11 is 0. The molecular weight excluding hydrogens is 462 g/mol. The summed E-state index contributed by atoms with van der Waals surface area (Å²) in [7, 11) is 4.62. The van der Waals surface area contributed by atoms with Gasteiger partial charge in [-0.2, -0.15) is 0 Å². The van der Waals surface area contributed by atoms with Gasteiger partial charge in [0.15, 0.2) is 11.5 Å². The number of hydrogen-bond acceptors (Lipinski definition) is 7. The molecule has 1 aromatic heterocycles. The smallest absolute Gasteiger partial charge is 0.340 e. The topological polar surface area (TPSA) is 107 Å². The Bertz CT molecular complexity index is 1290. The molecule has 2 amide bonds. The van der Waals surface area contributed by atoms with Gasteiger partial charge in [-0.25, -0.2) is 4.79 Å². The van der Waals surface area contributed by atoms with Gasteiger partial charge in [-0.05, 0) is 48.4 Å². The number of carbonyl (C=O) groups excluding carboxylic acids is 3. The number of anilines is 1. The van der Waals surface area contributed by atoms with Gasteiger partial charge in [-0.3, -0.25) is 14.6 Å². The Morgan fingerprint density at radius 2 is 1.78 bits per heavy atom. The number of pyridine rings is 1. The van der Waals surface area contributed by atoms with Crippen molar-refractivity contribution in [3.8, 4) is 11.5 Å². The average Bonchev–Trinajstić information content (AvgIpc) is 2.90. The summed E-state index contributed by atoms with van der Waals surface area (Å²) in [6.07, 6.45) is 3.26. The van der Waals surface area contributed by atoms with Crippen molar-refractivity contribution < 1.29 is 28.6 Å². The van der Waals surface area contributed by atoms with Gasteiger partial charge in [0.1, 0.15) is 0 Å². The molecule has 2 heterocycles. The molecule has 36 heavy (non-hydrogen) atoms. The van der Waals surface area contributed by atoms with Crippen molar-refractivity contribution in [1.82, 2.24) is 9.88 Å². The Morgan fingerprint density at radius 1 is 1.06 bits per heavy atom. The van der Waals surface area contributed by atoms with Crippen LogP contribution in [0.4, 0.5) is 5.69 Å². The van der Waals surface area contributed by atoms with Crippen LogP contribution in [0.15, 0.2) is 60.9 Å². The number of benzene rings is 2. The van der Waals surface area contributed by atoms with E-state index in [4.69, 9.17) is 14.2 Å². The van der Waals surface area contributed by atoms with Gasteiger partial charge in [-0.1, -0.05) is 18.2 Å². The van der Waals surface area contributed by atoms with Crippen molar-refractivity contribution in [2.45, 2.75) is 18.9 Å². The number of carbonyl (C=O) groups is 3. The number of ether oxygens (including phenoxy) is 3. The molecule has 1 aliphatic rings. The van der Waals surface area contributed by atoms with Crippen LogP contribution >= 0.6 is 0 Å². The standard InChI is InChI=1S/C27H27N3O6/c1-5-36-27(33)17-10-6-7-11-20(17)29-25(31)23-18-13-21(34-3)22(35-4)14-19(18)26(32)30(2)24(23)16-9-8-12-28-15-16/h6-15,23-24H,5H2,1-4H3,(H,29,31)/t23-,24-/m1/s1. The molecule has 4 rings (SSSR count). The number of nitrogens with one attached hydrogen (secondary N) is 1. The highest BCUT2D eigenvalue weighted by Crippen LogP contribution is 2.45. The van der Waals surface area contributed by atoms with E-state index in [0.717, 1.165) is 0 Å². The number of para-hydroxylation sites is 1. The first-order valence-electron chi connectivity index (χ1n) is 11.4. The Balaban J connectivity index is 1.85. The van der Waals surface area contributed by atoms with E-state index in [1.165, 1.54) is 19.1 Å². The number of amides is 2. The minimum absolute atomic E-state index is 0.203. The number of esters is 1. The lowest BCUT2D eigenvalue weighted by atomic mass is 9.79. The zero-order valence-corrected chi connectivity index (χ0v) is 20.5. The van der Waals surface area contributed by atoms with Gasteiger partial charge >= 0.3 is 5.97 Å². The summed E-state index contributed by atoms with van der Waals surface area (Å²) in [5, 5.41) is 2.89. The number of hydrogen-bond donors (Lipinski definition) is 1. The second-order valence-electron chi connectivity index (χ2n) is 8.17. The summed E-state index contributed by atoms with van der Waals surface area (Å²) in [6, 6.07) is 12.8. The molecule has 2 atom stereocenters. The fourth-order valence-corrected chi connectivity index (χ4v) is 4.49. The van der Waals surface area contributed by atoms with Crippen molar-refractivity contribution in [3.63, 3.8) is 0 Å². The van der Waals surface area contributed by atoms with Crippen LogP contribution in [0.2, 0.25) is 0 Å². The number of fused-ring (bicyclic) bond motifs is 1. The Hall–Kier alpha value is -4.40.